The van der Waals surface area contributed by atoms with E-state index in [-0.39, 0.29) is 16.0 Å². The molecular formula is C37H40N2O8SSi. The first-order valence-corrected chi connectivity index (χ1v) is 20.9. The zero-order valence-electron chi connectivity index (χ0n) is 28.3. The number of hydrogen-bond donors (Lipinski definition) is 0. The third kappa shape index (κ3) is 8.13. The second kappa shape index (κ2) is 14.3. The maximum absolute atomic E-state index is 14.5. The molecule has 0 N–H and O–H groups in total. The molecule has 0 radical (unpaired) electrons. The zero-order valence-corrected chi connectivity index (χ0v) is 30.1. The number of nitrogens with zero attached hydrogens (tertiary/aromatic N) is 2. The molecule has 2 fully saturated rings. The van der Waals surface area contributed by atoms with E-state index in [9.17, 15) is 23.3 Å². The molecule has 10 nitrogen and oxygen atoms in total. The summed E-state index contributed by atoms with van der Waals surface area (Å²) in [6, 6.07) is 23.8. The highest BCUT2D eigenvalue weighted by atomic mass is 32.2. The molecule has 12 heteroatoms. The molecular weight excluding hydrogens is 661 g/mol. The van der Waals surface area contributed by atoms with Crippen LogP contribution in [0.4, 0.5) is 0 Å². The summed E-state index contributed by atoms with van der Waals surface area (Å²) in [6.07, 6.45) is -4.79. The van der Waals surface area contributed by atoms with Crippen LogP contribution in [0.15, 0.2) is 89.8 Å². The molecule has 5 rings (SSSR count). The second-order valence-corrected chi connectivity index (χ2v) is 20.2. The molecule has 49 heavy (non-hydrogen) atoms. The van der Waals surface area contributed by atoms with Crippen molar-refractivity contribution in [3.63, 3.8) is 0 Å². The van der Waals surface area contributed by atoms with Gasteiger partial charge < -0.3 is 18.9 Å². The number of rotatable bonds is 8. The Hall–Kier alpha value is -4.30. The van der Waals surface area contributed by atoms with Crippen LogP contribution in [0.2, 0.25) is 19.6 Å². The summed E-state index contributed by atoms with van der Waals surface area (Å²) in [7, 11) is -6.52. The Kier molecular flexibility index (Phi) is 10.5. The van der Waals surface area contributed by atoms with E-state index < -0.39 is 78.7 Å². The van der Waals surface area contributed by atoms with Crippen LogP contribution in [0.1, 0.15) is 40.1 Å². The Bertz CT molecular complexity index is 1880. The molecule has 1 aliphatic carbocycles. The third-order valence-electron chi connectivity index (χ3n) is 8.18. The van der Waals surface area contributed by atoms with Crippen LogP contribution in [0.25, 0.3) is 0 Å². The van der Waals surface area contributed by atoms with E-state index in [0.29, 0.717) is 0 Å². The van der Waals surface area contributed by atoms with Gasteiger partial charge >= 0.3 is 11.9 Å². The average Bonchev–Trinajstić information content (AvgIpc) is 3.39. The van der Waals surface area contributed by atoms with Gasteiger partial charge in [-0.05, 0) is 57.2 Å². The monoisotopic (exact) mass is 700 g/mol. The highest BCUT2D eigenvalue weighted by molar-refractivity contribution is 7.89. The Morgan fingerprint density at radius 3 is 1.86 bits per heavy atom. The number of hydrogen-bond acceptors (Lipinski definition) is 9. The van der Waals surface area contributed by atoms with Gasteiger partial charge in [-0.15, -0.1) is 11.5 Å². The van der Waals surface area contributed by atoms with Crippen molar-refractivity contribution in [2.75, 3.05) is 6.54 Å². The Labute approximate surface area is 289 Å². The van der Waals surface area contributed by atoms with E-state index >= 15 is 0 Å². The number of ether oxygens (including phenoxy) is 4. The first kappa shape index (κ1) is 36.0. The van der Waals surface area contributed by atoms with Crippen LogP contribution in [-0.2, 0) is 29.0 Å². The van der Waals surface area contributed by atoms with Crippen molar-refractivity contribution in [2.45, 2.75) is 81.6 Å². The van der Waals surface area contributed by atoms with E-state index in [1.54, 1.807) is 86.6 Å². The maximum Gasteiger partial charge on any atom is 0.338 e. The lowest BCUT2D eigenvalue weighted by Gasteiger charge is -2.47. The van der Waals surface area contributed by atoms with Crippen LogP contribution >= 0.6 is 0 Å². The molecule has 2 aliphatic rings. The predicted molar refractivity (Wildman–Crippen MR) is 184 cm³/mol. The van der Waals surface area contributed by atoms with Crippen LogP contribution in [-0.4, -0.2) is 75.5 Å². The van der Waals surface area contributed by atoms with Crippen molar-refractivity contribution in [3.8, 4) is 17.5 Å². The minimum absolute atomic E-state index is 0.0320. The molecule has 1 heterocycles. The normalized spacial score (nSPS) is 24.5. The standard InChI is InChI=1S/C37H40N2O8SSi/c1-25-17-19-28(20-18-25)48(42,43)39(23-22-38)30-29(21-24-49(4,5)6)31(44-35(40)26-13-9-7-10-14-26)33(34-32(30)46-37(2,3)47-34)45-36(41)27-15-11-8-12-16-27/h7-20,29-34H,23H2,1-6H3/t29-,30-,31+,32+,33+,34+/m1/s1. The first-order chi connectivity index (χ1) is 23.1. The topological polar surface area (TPSA) is 132 Å². The molecule has 3 aromatic carbocycles. The Morgan fingerprint density at radius 2 is 1.35 bits per heavy atom. The number of sulfonamides is 1. The van der Waals surface area contributed by atoms with Gasteiger partial charge in [0.15, 0.2) is 18.0 Å². The summed E-state index contributed by atoms with van der Waals surface area (Å²) < 4.78 is 55.2. The number of benzene rings is 3. The largest absolute Gasteiger partial charge is 0.453 e. The minimum atomic E-state index is -4.36. The number of carbonyl (C=O) groups is 2. The van der Waals surface area contributed by atoms with Gasteiger partial charge in [-0.1, -0.05) is 73.7 Å². The first-order valence-electron chi connectivity index (χ1n) is 16.0. The SMILES string of the molecule is Cc1ccc(S(=O)(=O)N(CC#N)[C@@H]2[C@@H](C#C[Si](C)(C)C)[C@H](OC(=O)c3ccccc3)[C@H](OC(=O)c3ccccc3)[C@H]3OC(C)(C)O[C@H]32)cc1. The lowest BCUT2D eigenvalue weighted by molar-refractivity contribution is -0.162. The van der Waals surface area contributed by atoms with Gasteiger partial charge in [0, 0.05) is 0 Å². The molecule has 0 unspecified atom stereocenters. The summed E-state index contributed by atoms with van der Waals surface area (Å²) >= 11 is 0. The zero-order chi connectivity index (χ0) is 35.6. The molecule has 1 aliphatic heterocycles. The lowest BCUT2D eigenvalue weighted by Crippen LogP contribution is -2.67. The molecule has 3 aromatic rings. The van der Waals surface area contributed by atoms with Gasteiger partial charge in [-0.25, -0.2) is 18.0 Å². The van der Waals surface area contributed by atoms with Gasteiger partial charge in [0.05, 0.1) is 34.1 Å². The maximum atomic E-state index is 14.5. The van der Waals surface area contributed by atoms with Gasteiger partial charge in [0.25, 0.3) is 0 Å². The smallest absolute Gasteiger partial charge is 0.338 e. The molecule has 0 spiro atoms. The number of fused-ring (bicyclic) bond motifs is 1. The lowest BCUT2D eigenvalue weighted by atomic mass is 9.76. The Balaban J connectivity index is 1.73. The fourth-order valence-corrected chi connectivity index (χ4v) is 8.16. The number of carbonyl (C=O) groups excluding carboxylic acids is 2. The highest BCUT2D eigenvalue weighted by Crippen LogP contribution is 2.45. The summed E-state index contributed by atoms with van der Waals surface area (Å²) in [5.74, 6) is -0.544. The molecule has 1 saturated heterocycles. The van der Waals surface area contributed by atoms with E-state index in [2.05, 4.69) is 11.5 Å². The summed E-state index contributed by atoms with van der Waals surface area (Å²) in [5, 5.41) is 10.1. The van der Waals surface area contributed by atoms with E-state index in [1.165, 1.54) is 12.1 Å². The van der Waals surface area contributed by atoms with Crippen LogP contribution < -0.4 is 0 Å². The van der Waals surface area contributed by atoms with Crippen molar-refractivity contribution >= 4 is 30.0 Å². The van der Waals surface area contributed by atoms with Gasteiger partial charge in [0.2, 0.25) is 10.0 Å². The fourth-order valence-electron chi connectivity index (χ4n) is 6.01. The predicted octanol–water partition coefficient (Wildman–Crippen LogP) is 5.36. The average molecular weight is 701 g/mol. The third-order valence-corrected chi connectivity index (χ3v) is 10.9. The molecule has 6 atom stereocenters. The van der Waals surface area contributed by atoms with Gasteiger partial charge in [-0.3, -0.25) is 0 Å². The summed E-state index contributed by atoms with van der Waals surface area (Å²) in [5.41, 5.74) is 4.66. The second-order valence-electron chi connectivity index (χ2n) is 13.6. The van der Waals surface area contributed by atoms with Crippen molar-refractivity contribution in [1.82, 2.24) is 4.31 Å². The minimum Gasteiger partial charge on any atom is -0.453 e. The van der Waals surface area contributed by atoms with Crippen molar-refractivity contribution in [1.29, 1.82) is 5.26 Å². The van der Waals surface area contributed by atoms with Crippen LogP contribution in [0.3, 0.4) is 0 Å². The van der Waals surface area contributed by atoms with E-state index in [0.717, 1.165) is 9.87 Å². The molecule has 1 saturated carbocycles. The van der Waals surface area contributed by atoms with E-state index in [4.69, 9.17) is 18.9 Å². The molecule has 0 aromatic heterocycles. The molecule has 0 bridgehead atoms. The summed E-state index contributed by atoms with van der Waals surface area (Å²) in [4.78, 5) is 27.4. The fraction of sp³-hybridized carbons (Fsp3) is 0.378. The molecule has 0 amide bonds. The Morgan fingerprint density at radius 1 is 0.837 bits per heavy atom. The van der Waals surface area contributed by atoms with Gasteiger partial charge in [-0.2, -0.15) is 9.57 Å². The van der Waals surface area contributed by atoms with Crippen LogP contribution in [0, 0.1) is 35.6 Å². The number of esters is 2. The van der Waals surface area contributed by atoms with Crippen LogP contribution in [0.5, 0.6) is 0 Å². The van der Waals surface area contributed by atoms with E-state index in [1.807, 2.05) is 32.6 Å². The summed E-state index contributed by atoms with van der Waals surface area (Å²) in [6.45, 7) is 10.7. The molecule has 256 valence electrons. The number of aryl methyl sites for hydroxylation is 1. The van der Waals surface area contributed by atoms with Crippen molar-refractivity contribution < 1.29 is 37.0 Å². The van der Waals surface area contributed by atoms with Gasteiger partial charge in [0.1, 0.15) is 26.8 Å². The van der Waals surface area contributed by atoms with Crippen molar-refractivity contribution in [2.24, 2.45) is 5.92 Å². The highest BCUT2D eigenvalue weighted by Gasteiger charge is 2.63. The van der Waals surface area contributed by atoms with Crippen molar-refractivity contribution in [3.05, 3.63) is 102 Å². The quantitative estimate of drug-likeness (QED) is 0.132. The number of nitriles is 1.